The Morgan fingerprint density at radius 2 is 2.05 bits per heavy atom. The van der Waals surface area contributed by atoms with E-state index in [1.807, 2.05) is 0 Å². The highest BCUT2D eigenvalue weighted by molar-refractivity contribution is 7.89. The predicted octanol–water partition coefficient (Wildman–Crippen LogP) is 0.629. The molecule has 2 aromatic rings. The summed E-state index contributed by atoms with van der Waals surface area (Å²) in [6.07, 6.45) is 1.63. The van der Waals surface area contributed by atoms with E-state index in [1.54, 1.807) is 18.2 Å². The largest absolute Gasteiger partial charge is 0.478 e. The van der Waals surface area contributed by atoms with Crippen LogP contribution in [0.15, 0.2) is 41.6 Å². The second-order valence-electron chi connectivity index (χ2n) is 4.03. The molecule has 0 unspecified atom stereocenters. The van der Waals surface area contributed by atoms with Crippen LogP contribution in [-0.2, 0) is 16.4 Å². The molecule has 0 fully saturated rings. The van der Waals surface area contributed by atoms with Gasteiger partial charge in [-0.05, 0) is 24.1 Å². The molecular weight excluding hydrogens is 282 g/mol. The van der Waals surface area contributed by atoms with E-state index in [4.69, 9.17) is 5.11 Å². The van der Waals surface area contributed by atoms with Gasteiger partial charge >= 0.3 is 5.97 Å². The summed E-state index contributed by atoms with van der Waals surface area (Å²) in [5, 5.41) is 14.9. The summed E-state index contributed by atoms with van der Waals surface area (Å²) < 4.78 is 26.0. The smallest absolute Gasteiger partial charge is 0.335 e. The van der Waals surface area contributed by atoms with E-state index in [-0.39, 0.29) is 23.6 Å². The first-order valence-electron chi connectivity index (χ1n) is 5.81. The minimum Gasteiger partial charge on any atom is -0.478 e. The predicted molar refractivity (Wildman–Crippen MR) is 70.9 cm³/mol. The molecular formula is C12H13N3O4S. The van der Waals surface area contributed by atoms with Gasteiger partial charge in [0.25, 0.3) is 10.0 Å². The molecule has 2 rings (SSSR count). The zero-order valence-electron chi connectivity index (χ0n) is 10.4. The van der Waals surface area contributed by atoms with Gasteiger partial charge in [-0.25, -0.2) is 17.9 Å². The zero-order valence-corrected chi connectivity index (χ0v) is 11.2. The first kappa shape index (κ1) is 14.2. The fourth-order valence-corrected chi connectivity index (χ4v) is 2.68. The number of aromatic nitrogens is 2. The Balaban J connectivity index is 2.02. The minimum absolute atomic E-state index is 0.0241. The molecule has 1 aromatic carbocycles. The molecule has 1 aromatic heterocycles. The number of nitrogens with one attached hydrogen (secondary N) is 2. The topological polar surface area (TPSA) is 112 Å². The van der Waals surface area contributed by atoms with Crippen molar-refractivity contribution in [3.8, 4) is 0 Å². The number of benzene rings is 1. The number of aromatic carboxylic acids is 1. The summed E-state index contributed by atoms with van der Waals surface area (Å²) in [5.41, 5.74) is 0.751. The Hall–Kier alpha value is -2.19. The van der Waals surface area contributed by atoms with Crippen molar-refractivity contribution in [1.82, 2.24) is 14.9 Å². The number of carboxylic acid groups (broad SMARTS) is 1. The van der Waals surface area contributed by atoms with Gasteiger partial charge in [-0.15, -0.1) is 0 Å². The van der Waals surface area contributed by atoms with Crippen molar-refractivity contribution < 1.29 is 18.3 Å². The van der Waals surface area contributed by atoms with Crippen LogP contribution in [0.25, 0.3) is 0 Å². The van der Waals surface area contributed by atoms with Gasteiger partial charge in [-0.1, -0.05) is 18.2 Å². The van der Waals surface area contributed by atoms with E-state index < -0.39 is 16.0 Å². The highest BCUT2D eigenvalue weighted by Gasteiger charge is 2.15. The highest BCUT2D eigenvalue weighted by atomic mass is 32.2. The maximum Gasteiger partial charge on any atom is 0.335 e. The number of carboxylic acids is 1. The molecule has 0 atom stereocenters. The zero-order chi connectivity index (χ0) is 14.6. The number of aromatic amines is 1. The summed E-state index contributed by atoms with van der Waals surface area (Å²) in [6, 6.07) is 7.83. The molecule has 0 saturated heterocycles. The van der Waals surface area contributed by atoms with Crippen molar-refractivity contribution >= 4 is 16.0 Å². The number of nitrogens with zero attached hydrogens (tertiary/aromatic N) is 1. The quantitative estimate of drug-likeness (QED) is 0.723. The number of carbonyl (C=O) groups is 1. The fourth-order valence-electron chi connectivity index (χ4n) is 1.74. The van der Waals surface area contributed by atoms with E-state index in [1.165, 1.54) is 18.3 Å². The number of H-pyrrole nitrogens is 1. The number of hydrogen-bond donors (Lipinski definition) is 3. The molecule has 7 nitrogen and oxygen atoms in total. The first-order valence-corrected chi connectivity index (χ1v) is 7.29. The van der Waals surface area contributed by atoms with E-state index in [2.05, 4.69) is 14.9 Å². The van der Waals surface area contributed by atoms with E-state index in [9.17, 15) is 13.2 Å². The van der Waals surface area contributed by atoms with Crippen molar-refractivity contribution in [2.45, 2.75) is 11.4 Å². The van der Waals surface area contributed by atoms with E-state index in [0.717, 1.165) is 0 Å². The summed E-state index contributed by atoms with van der Waals surface area (Å²) in [7, 11) is -3.64. The Kier molecular flexibility index (Phi) is 4.16. The third-order valence-electron chi connectivity index (χ3n) is 2.70. The van der Waals surface area contributed by atoms with Crippen LogP contribution in [0.5, 0.6) is 0 Å². The van der Waals surface area contributed by atoms with Crippen LogP contribution >= 0.6 is 0 Å². The molecule has 0 spiro atoms. The van der Waals surface area contributed by atoms with Crippen LogP contribution in [-0.4, -0.2) is 36.2 Å². The van der Waals surface area contributed by atoms with Crippen LogP contribution < -0.4 is 4.72 Å². The van der Waals surface area contributed by atoms with E-state index >= 15 is 0 Å². The van der Waals surface area contributed by atoms with E-state index in [0.29, 0.717) is 5.56 Å². The molecule has 0 aliphatic heterocycles. The van der Waals surface area contributed by atoms with Crippen LogP contribution in [0.3, 0.4) is 0 Å². The van der Waals surface area contributed by atoms with Gasteiger partial charge < -0.3 is 5.11 Å². The molecule has 8 heteroatoms. The van der Waals surface area contributed by atoms with Gasteiger partial charge in [-0.2, -0.15) is 5.10 Å². The Bertz CT molecular complexity index is 695. The lowest BCUT2D eigenvalue weighted by Gasteiger charge is -2.07. The molecule has 0 aliphatic carbocycles. The normalized spacial score (nSPS) is 11.4. The van der Waals surface area contributed by atoms with Gasteiger partial charge in [-0.3, -0.25) is 5.10 Å². The lowest BCUT2D eigenvalue weighted by molar-refractivity contribution is 0.0695. The third kappa shape index (κ3) is 3.22. The fraction of sp³-hybridized carbons (Fsp3) is 0.167. The van der Waals surface area contributed by atoms with Crippen molar-refractivity contribution in [1.29, 1.82) is 0 Å². The van der Waals surface area contributed by atoms with Crippen LogP contribution in [0, 0.1) is 0 Å². The Morgan fingerprint density at radius 3 is 2.70 bits per heavy atom. The van der Waals surface area contributed by atoms with Crippen molar-refractivity contribution in [3.63, 3.8) is 0 Å². The molecule has 0 radical (unpaired) electrons. The number of sulfonamides is 1. The maximum atomic E-state index is 11.8. The molecule has 0 aliphatic rings. The van der Waals surface area contributed by atoms with Crippen LogP contribution in [0.4, 0.5) is 0 Å². The SMILES string of the molecule is O=C(O)c1ccccc1CCNS(=O)(=O)c1ccn[nH]1. The summed E-state index contributed by atoms with van der Waals surface area (Å²) in [5.74, 6) is -1.03. The average molecular weight is 295 g/mol. The van der Waals surface area contributed by atoms with Gasteiger partial charge in [0.15, 0.2) is 5.03 Å². The van der Waals surface area contributed by atoms with Gasteiger partial charge in [0.1, 0.15) is 0 Å². The van der Waals surface area contributed by atoms with Crippen molar-refractivity contribution in [2.75, 3.05) is 6.54 Å². The second-order valence-corrected chi connectivity index (χ2v) is 5.77. The molecule has 0 amide bonds. The highest BCUT2D eigenvalue weighted by Crippen LogP contribution is 2.10. The molecule has 0 saturated carbocycles. The molecule has 106 valence electrons. The van der Waals surface area contributed by atoms with Crippen LogP contribution in [0.2, 0.25) is 0 Å². The van der Waals surface area contributed by atoms with Gasteiger partial charge in [0.05, 0.1) is 11.8 Å². The van der Waals surface area contributed by atoms with Gasteiger partial charge in [0.2, 0.25) is 0 Å². The monoisotopic (exact) mass is 295 g/mol. The molecule has 20 heavy (non-hydrogen) atoms. The Morgan fingerprint density at radius 1 is 1.30 bits per heavy atom. The maximum absolute atomic E-state index is 11.8. The summed E-state index contributed by atoms with van der Waals surface area (Å²) in [6.45, 7) is 0.103. The van der Waals surface area contributed by atoms with Crippen LogP contribution in [0.1, 0.15) is 15.9 Å². The first-order chi connectivity index (χ1) is 9.50. The number of hydrogen-bond acceptors (Lipinski definition) is 4. The number of rotatable bonds is 6. The Labute approximate surface area is 115 Å². The minimum atomic E-state index is -3.64. The molecule has 1 heterocycles. The van der Waals surface area contributed by atoms with Gasteiger partial charge in [0, 0.05) is 6.54 Å². The molecule has 3 N–H and O–H groups in total. The lowest BCUT2D eigenvalue weighted by atomic mass is 10.1. The average Bonchev–Trinajstić information content (AvgIpc) is 2.93. The molecule has 0 bridgehead atoms. The third-order valence-corrected chi connectivity index (χ3v) is 4.09. The van der Waals surface area contributed by atoms with Crippen molar-refractivity contribution in [2.24, 2.45) is 0 Å². The standard InChI is InChI=1S/C12H13N3O4S/c16-12(17)10-4-2-1-3-9(10)5-8-14-20(18,19)11-6-7-13-15-11/h1-4,6-7,14H,5,8H2,(H,13,15)(H,16,17). The second kappa shape index (κ2) is 5.85. The van der Waals surface area contributed by atoms with Crippen molar-refractivity contribution in [3.05, 3.63) is 47.7 Å². The summed E-state index contributed by atoms with van der Waals surface area (Å²) in [4.78, 5) is 11.0. The summed E-state index contributed by atoms with van der Waals surface area (Å²) >= 11 is 0. The lowest BCUT2D eigenvalue weighted by Crippen LogP contribution is -2.26.